The Kier molecular flexibility index (Phi) is 5.11. The van der Waals surface area contributed by atoms with Crippen molar-refractivity contribution in [1.29, 1.82) is 0 Å². The molecule has 0 saturated carbocycles. The zero-order valence-corrected chi connectivity index (χ0v) is 15.4. The Morgan fingerprint density at radius 3 is 3.12 bits per heavy atom. The number of piperidine rings is 1. The quantitative estimate of drug-likeness (QED) is 0.826. The Balaban J connectivity index is 1.49. The topological polar surface area (TPSA) is 68.6 Å². The number of nitrogens with zero attached hydrogens (tertiary/aromatic N) is 3. The fourth-order valence-electron chi connectivity index (χ4n) is 4.85. The number of amides is 1. The SMILES string of the molecule is Cn1cc(NC(=O)CN2CCC[C@@]3(C4=CCOCC4)COCC[C@H]23)cn1. The van der Waals surface area contributed by atoms with Crippen LogP contribution in [0.2, 0.25) is 0 Å². The zero-order chi connectivity index (χ0) is 18.0. The van der Waals surface area contributed by atoms with Crippen LogP contribution in [0.25, 0.3) is 0 Å². The van der Waals surface area contributed by atoms with Gasteiger partial charge < -0.3 is 14.8 Å². The molecule has 26 heavy (non-hydrogen) atoms. The van der Waals surface area contributed by atoms with Crippen LogP contribution < -0.4 is 5.32 Å². The molecule has 7 nitrogen and oxygen atoms in total. The second kappa shape index (κ2) is 7.50. The van der Waals surface area contributed by atoms with Gasteiger partial charge in [0.2, 0.25) is 5.91 Å². The first-order valence-electron chi connectivity index (χ1n) is 9.55. The molecule has 0 aliphatic carbocycles. The zero-order valence-electron chi connectivity index (χ0n) is 15.4. The van der Waals surface area contributed by atoms with E-state index in [1.54, 1.807) is 10.9 Å². The van der Waals surface area contributed by atoms with Gasteiger partial charge in [0.25, 0.3) is 0 Å². The molecule has 1 aromatic heterocycles. The summed E-state index contributed by atoms with van der Waals surface area (Å²) in [4.78, 5) is 15.0. The van der Waals surface area contributed by atoms with Gasteiger partial charge in [-0.1, -0.05) is 11.6 Å². The van der Waals surface area contributed by atoms with Crippen molar-refractivity contribution in [3.05, 3.63) is 24.0 Å². The number of hydrogen-bond acceptors (Lipinski definition) is 5. The molecule has 0 bridgehead atoms. The maximum absolute atomic E-state index is 12.6. The summed E-state index contributed by atoms with van der Waals surface area (Å²) >= 11 is 0. The maximum Gasteiger partial charge on any atom is 0.238 e. The first kappa shape index (κ1) is 17.7. The predicted molar refractivity (Wildman–Crippen MR) is 97.8 cm³/mol. The second-order valence-corrected chi connectivity index (χ2v) is 7.59. The minimum absolute atomic E-state index is 0.0289. The largest absolute Gasteiger partial charge is 0.380 e. The van der Waals surface area contributed by atoms with E-state index in [2.05, 4.69) is 21.4 Å². The molecule has 2 saturated heterocycles. The van der Waals surface area contributed by atoms with Crippen molar-refractivity contribution in [3.63, 3.8) is 0 Å². The summed E-state index contributed by atoms with van der Waals surface area (Å²) in [5, 5.41) is 7.07. The Bertz CT molecular complexity index is 682. The molecule has 0 spiro atoms. The summed E-state index contributed by atoms with van der Waals surface area (Å²) in [5.74, 6) is 0.0289. The molecule has 4 rings (SSSR count). The van der Waals surface area contributed by atoms with Crippen LogP contribution in [0.15, 0.2) is 24.0 Å². The van der Waals surface area contributed by atoms with Crippen LogP contribution in [-0.2, 0) is 21.3 Å². The van der Waals surface area contributed by atoms with E-state index in [0.717, 1.165) is 57.7 Å². The molecule has 2 atom stereocenters. The molecule has 4 heterocycles. The van der Waals surface area contributed by atoms with Gasteiger partial charge in [0.1, 0.15) is 0 Å². The molecular weight excluding hydrogens is 332 g/mol. The highest BCUT2D eigenvalue weighted by Gasteiger charge is 2.49. The fourth-order valence-corrected chi connectivity index (χ4v) is 4.85. The van der Waals surface area contributed by atoms with Crippen LogP contribution >= 0.6 is 0 Å². The van der Waals surface area contributed by atoms with Gasteiger partial charge in [0.05, 0.1) is 38.2 Å². The van der Waals surface area contributed by atoms with Crippen LogP contribution in [0, 0.1) is 5.41 Å². The van der Waals surface area contributed by atoms with Crippen LogP contribution in [0.4, 0.5) is 5.69 Å². The van der Waals surface area contributed by atoms with Crippen molar-refractivity contribution < 1.29 is 14.3 Å². The van der Waals surface area contributed by atoms with Crippen molar-refractivity contribution in [1.82, 2.24) is 14.7 Å². The highest BCUT2D eigenvalue weighted by Crippen LogP contribution is 2.47. The molecule has 142 valence electrons. The van der Waals surface area contributed by atoms with Gasteiger partial charge in [-0.25, -0.2) is 0 Å². The Morgan fingerprint density at radius 1 is 1.42 bits per heavy atom. The number of nitrogens with one attached hydrogen (secondary N) is 1. The second-order valence-electron chi connectivity index (χ2n) is 7.59. The molecule has 0 aromatic carbocycles. The lowest BCUT2D eigenvalue weighted by molar-refractivity contribution is -0.123. The highest BCUT2D eigenvalue weighted by molar-refractivity contribution is 5.92. The molecule has 1 amide bonds. The number of anilines is 1. The van der Waals surface area contributed by atoms with E-state index in [4.69, 9.17) is 9.47 Å². The van der Waals surface area contributed by atoms with Crippen molar-refractivity contribution in [3.8, 4) is 0 Å². The first-order chi connectivity index (χ1) is 12.7. The van der Waals surface area contributed by atoms with E-state index in [0.29, 0.717) is 19.2 Å². The monoisotopic (exact) mass is 360 g/mol. The van der Waals surface area contributed by atoms with E-state index >= 15 is 0 Å². The lowest BCUT2D eigenvalue weighted by Crippen LogP contribution is -2.59. The fraction of sp³-hybridized carbons (Fsp3) is 0.684. The average molecular weight is 360 g/mol. The molecule has 7 heteroatoms. The van der Waals surface area contributed by atoms with Crippen LogP contribution in [-0.4, -0.2) is 66.1 Å². The van der Waals surface area contributed by atoms with Crippen molar-refractivity contribution >= 4 is 11.6 Å². The third-order valence-electron chi connectivity index (χ3n) is 5.98. The Labute approximate surface area is 154 Å². The third kappa shape index (κ3) is 3.43. The van der Waals surface area contributed by atoms with Crippen molar-refractivity contribution in [2.24, 2.45) is 12.5 Å². The number of likely N-dealkylation sites (tertiary alicyclic amines) is 1. The lowest BCUT2D eigenvalue weighted by Gasteiger charge is -2.54. The van der Waals surface area contributed by atoms with E-state index in [1.807, 2.05) is 13.2 Å². The maximum atomic E-state index is 12.6. The number of aromatic nitrogens is 2. The van der Waals surface area contributed by atoms with Gasteiger partial charge in [-0.05, 0) is 32.2 Å². The van der Waals surface area contributed by atoms with Crippen LogP contribution in [0.3, 0.4) is 0 Å². The van der Waals surface area contributed by atoms with E-state index in [-0.39, 0.29) is 11.3 Å². The number of fused-ring (bicyclic) bond motifs is 1. The summed E-state index contributed by atoms with van der Waals surface area (Å²) in [7, 11) is 1.85. The predicted octanol–water partition coefficient (Wildman–Crippen LogP) is 1.58. The summed E-state index contributed by atoms with van der Waals surface area (Å²) in [6, 6.07) is 0.369. The molecule has 0 unspecified atom stereocenters. The molecular formula is C19H28N4O3. The summed E-state index contributed by atoms with van der Waals surface area (Å²) in [6.07, 6.45) is 9.96. The minimum Gasteiger partial charge on any atom is -0.380 e. The number of carbonyl (C=O) groups excluding carboxylic acids is 1. The number of ether oxygens (including phenoxy) is 2. The van der Waals surface area contributed by atoms with Gasteiger partial charge in [0, 0.05) is 31.3 Å². The van der Waals surface area contributed by atoms with Crippen LogP contribution in [0.5, 0.6) is 0 Å². The Morgan fingerprint density at radius 2 is 2.35 bits per heavy atom. The van der Waals surface area contributed by atoms with Crippen molar-refractivity contribution in [2.45, 2.75) is 31.7 Å². The number of hydrogen-bond donors (Lipinski definition) is 1. The number of carbonyl (C=O) groups is 1. The van der Waals surface area contributed by atoms with Gasteiger partial charge in [0.15, 0.2) is 0 Å². The van der Waals surface area contributed by atoms with Crippen LogP contribution in [0.1, 0.15) is 25.7 Å². The molecule has 2 fully saturated rings. The average Bonchev–Trinajstić information content (AvgIpc) is 3.07. The summed E-state index contributed by atoms with van der Waals surface area (Å²) in [6.45, 7) is 4.43. The number of rotatable bonds is 4. The van der Waals surface area contributed by atoms with Gasteiger partial charge in [-0.2, -0.15) is 5.10 Å². The van der Waals surface area contributed by atoms with Gasteiger partial charge in [-0.3, -0.25) is 14.4 Å². The van der Waals surface area contributed by atoms with E-state index in [9.17, 15) is 4.79 Å². The van der Waals surface area contributed by atoms with E-state index < -0.39 is 0 Å². The molecule has 1 N–H and O–H groups in total. The van der Waals surface area contributed by atoms with Gasteiger partial charge in [-0.15, -0.1) is 0 Å². The summed E-state index contributed by atoms with van der Waals surface area (Å²) < 4.78 is 13.1. The third-order valence-corrected chi connectivity index (χ3v) is 5.98. The normalized spacial score (nSPS) is 29.7. The molecule has 1 aromatic rings. The highest BCUT2D eigenvalue weighted by atomic mass is 16.5. The molecule has 0 radical (unpaired) electrons. The Hall–Kier alpha value is -1.70. The van der Waals surface area contributed by atoms with Gasteiger partial charge >= 0.3 is 0 Å². The summed E-state index contributed by atoms with van der Waals surface area (Å²) in [5.41, 5.74) is 2.28. The first-order valence-corrected chi connectivity index (χ1v) is 9.55. The lowest BCUT2D eigenvalue weighted by atomic mass is 9.65. The van der Waals surface area contributed by atoms with E-state index in [1.165, 1.54) is 5.57 Å². The molecule has 3 aliphatic rings. The molecule has 3 aliphatic heterocycles. The smallest absolute Gasteiger partial charge is 0.238 e. The minimum atomic E-state index is 0.0289. The van der Waals surface area contributed by atoms with Crippen molar-refractivity contribution in [2.75, 3.05) is 44.8 Å². The number of aryl methyl sites for hydroxylation is 1. The standard InChI is InChI=1S/C19H28N4O3/c1-22-12-16(11-20-22)21-18(24)13-23-7-2-6-19(14-26-10-5-17(19)23)15-3-8-25-9-4-15/h3,11-12,17H,2,4-10,13-14H2,1H3,(H,21,24)/t17-,19-/m0/s1.